The van der Waals surface area contributed by atoms with Crippen LogP contribution in [-0.2, 0) is 32.5 Å². The fourth-order valence-electron chi connectivity index (χ4n) is 7.65. The van der Waals surface area contributed by atoms with E-state index in [1.54, 1.807) is 6.33 Å². The van der Waals surface area contributed by atoms with Gasteiger partial charge in [-0.2, -0.15) is 14.4 Å². The first-order valence-electron chi connectivity index (χ1n) is 18.0. The van der Waals surface area contributed by atoms with Crippen LogP contribution in [0.5, 0.6) is 11.8 Å². The smallest absolute Gasteiger partial charge is 0.417 e. The summed E-state index contributed by atoms with van der Waals surface area (Å²) in [6.45, 7) is 7.74. The van der Waals surface area contributed by atoms with Crippen LogP contribution in [0, 0.1) is 5.95 Å². The number of rotatable bonds is 8. The Hall–Kier alpha value is -4.94. The quantitative estimate of drug-likeness (QED) is 0.178. The van der Waals surface area contributed by atoms with E-state index in [1.807, 2.05) is 59.2 Å². The van der Waals surface area contributed by atoms with Crippen LogP contribution in [0.15, 0.2) is 60.9 Å². The van der Waals surface area contributed by atoms with Gasteiger partial charge >= 0.3 is 12.1 Å². The number of amides is 1. The SMILES string of the molecule is CCc1ccc(NC(=O)Oc2cc(N3CCc4c(nc(OC[C@@H]5CCCN5C)nc4N4Cc5c(F)ncn5C[C@H]4C)C3)c3c(Cl)cccc3c2)cc1. The molecule has 1 amide bonds. The zero-order valence-corrected chi connectivity index (χ0v) is 30.4. The molecule has 3 aliphatic heterocycles. The summed E-state index contributed by atoms with van der Waals surface area (Å²) in [7, 11) is 2.12. The second-order valence-corrected chi connectivity index (χ2v) is 14.4. The van der Waals surface area contributed by atoms with E-state index in [0.717, 1.165) is 59.3 Å². The van der Waals surface area contributed by atoms with Crippen LogP contribution in [0.4, 0.5) is 26.4 Å². The van der Waals surface area contributed by atoms with Crippen molar-refractivity contribution in [2.75, 3.05) is 41.9 Å². The van der Waals surface area contributed by atoms with Crippen LogP contribution in [-0.4, -0.2) is 69.3 Å². The monoisotopic (exact) mass is 724 g/mol. The van der Waals surface area contributed by atoms with E-state index in [0.29, 0.717) is 73.4 Å². The zero-order valence-electron chi connectivity index (χ0n) is 29.6. The average Bonchev–Trinajstić information content (AvgIpc) is 3.73. The number of aryl methyl sites for hydroxylation is 1. The summed E-state index contributed by atoms with van der Waals surface area (Å²) in [5.41, 5.74) is 5.05. The first-order valence-corrected chi connectivity index (χ1v) is 18.4. The highest BCUT2D eigenvalue weighted by molar-refractivity contribution is 6.36. The van der Waals surface area contributed by atoms with Crippen molar-refractivity contribution in [3.05, 3.63) is 94.4 Å². The largest absolute Gasteiger partial charge is 0.462 e. The minimum atomic E-state index is -0.582. The number of aromatic nitrogens is 4. The van der Waals surface area contributed by atoms with Gasteiger partial charge in [-0.25, -0.2) is 9.78 Å². The molecule has 11 nitrogen and oxygen atoms in total. The summed E-state index contributed by atoms with van der Waals surface area (Å²) in [5.74, 6) is 0.704. The first-order chi connectivity index (χ1) is 25.2. The highest BCUT2D eigenvalue weighted by Crippen LogP contribution is 2.40. The van der Waals surface area contributed by atoms with Gasteiger partial charge in [0, 0.05) is 47.9 Å². The molecule has 2 atom stereocenters. The summed E-state index contributed by atoms with van der Waals surface area (Å²) < 4.78 is 28.9. The molecule has 3 aliphatic rings. The lowest BCUT2D eigenvalue weighted by Gasteiger charge is -2.38. The van der Waals surface area contributed by atoms with E-state index in [9.17, 15) is 9.18 Å². The van der Waals surface area contributed by atoms with Gasteiger partial charge in [0.2, 0.25) is 5.95 Å². The molecule has 1 saturated heterocycles. The molecule has 13 heteroatoms. The molecule has 0 saturated carbocycles. The van der Waals surface area contributed by atoms with Gasteiger partial charge in [0.1, 0.15) is 18.2 Å². The van der Waals surface area contributed by atoms with Gasteiger partial charge in [-0.05, 0) is 81.4 Å². The van der Waals surface area contributed by atoms with Crippen LogP contribution in [0.3, 0.4) is 0 Å². The highest BCUT2D eigenvalue weighted by atomic mass is 35.5. The minimum Gasteiger partial charge on any atom is -0.462 e. The third-order valence-corrected chi connectivity index (χ3v) is 10.9. The highest BCUT2D eigenvalue weighted by Gasteiger charge is 2.33. The van der Waals surface area contributed by atoms with Gasteiger partial charge in [-0.3, -0.25) is 5.32 Å². The topological polar surface area (TPSA) is 101 Å². The second-order valence-electron chi connectivity index (χ2n) is 14.0. The van der Waals surface area contributed by atoms with Gasteiger partial charge in [-0.1, -0.05) is 42.8 Å². The Bertz CT molecular complexity index is 2130. The number of fused-ring (bicyclic) bond motifs is 3. The summed E-state index contributed by atoms with van der Waals surface area (Å²) in [6, 6.07) is 17.8. The molecule has 270 valence electrons. The Morgan fingerprint density at radius 2 is 1.94 bits per heavy atom. The average molecular weight is 725 g/mol. The normalized spacial score (nSPS) is 18.7. The van der Waals surface area contributed by atoms with Gasteiger partial charge in [0.15, 0.2) is 0 Å². The van der Waals surface area contributed by atoms with E-state index in [2.05, 4.69) is 45.9 Å². The molecule has 0 aliphatic carbocycles. The lowest BCUT2D eigenvalue weighted by Crippen LogP contribution is -2.43. The third-order valence-electron chi connectivity index (χ3n) is 10.6. The molecular formula is C39H42ClFN8O3. The minimum absolute atomic E-state index is 0.0410. The first kappa shape index (κ1) is 34.2. The number of likely N-dealkylation sites (tertiary alicyclic amines) is 1. The molecule has 0 spiro atoms. The number of carbonyl (C=O) groups excluding carboxylic acids is 1. The van der Waals surface area contributed by atoms with Crippen LogP contribution in [0.2, 0.25) is 5.02 Å². The number of anilines is 3. The molecular weight excluding hydrogens is 683 g/mol. The molecule has 5 heterocycles. The van der Waals surface area contributed by atoms with Crippen molar-refractivity contribution in [1.29, 1.82) is 0 Å². The summed E-state index contributed by atoms with van der Waals surface area (Å²) in [5, 5.41) is 5.14. The maximum Gasteiger partial charge on any atom is 0.417 e. The van der Waals surface area contributed by atoms with E-state index in [4.69, 9.17) is 31.0 Å². The molecule has 2 aromatic heterocycles. The lowest BCUT2D eigenvalue weighted by molar-refractivity contribution is 0.187. The number of ether oxygens (including phenoxy) is 2. The second kappa shape index (κ2) is 14.2. The predicted octanol–water partition coefficient (Wildman–Crippen LogP) is 7.24. The standard InChI is InChI=1S/C39H42ClFN8O3/c1-4-25-10-12-27(13-11-25)43-39(50)52-29-17-26-7-5-9-31(40)35(26)33(18-29)47-16-14-30-32(20-47)44-38(51-22-28-8-6-15-46(28)3)45-37(30)49-21-34-36(41)42-23-48(34)19-24(49)2/h5,7,9-13,17-18,23-24,28H,4,6,8,14-16,19-22H2,1-3H3,(H,43,50)/t24-,28+/m1/s1. The van der Waals surface area contributed by atoms with Crippen LogP contribution >= 0.6 is 11.6 Å². The Balaban J connectivity index is 1.12. The number of hydrogen-bond acceptors (Lipinski definition) is 9. The maximum atomic E-state index is 14.8. The Morgan fingerprint density at radius 1 is 1.10 bits per heavy atom. The zero-order chi connectivity index (χ0) is 35.9. The van der Waals surface area contributed by atoms with Crippen LogP contribution in [0.25, 0.3) is 10.8 Å². The van der Waals surface area contributed by atoms with Gasteiger partial charge in [0.05, 0.1) is 41.5 Å². The molecule has 0 unspecified atom stereocenters. The summed E-state index contributed by atoms with van der Waals surface area (Å²) in [4.78, 5) is 33.7. The van der Waals surface area contributed by atoms with Crippen LogP contribution < -0.4 is 24.6 Å². The van der Waals surface area contributed by atoms with Gasteiger partial charge in [-0.15, -0.1) is 0 Å². The van der Waals surface area contributed by atoms with Crippen molar-refractivity contribution in [3.8, 4) is 11.8 Å². The van der Waals surface area contributed by atoms with Crippen molar-refractivity contribution in [1.82, 2.24) is 24.4 Å². The van der Waals surface area contributed by atoms with Gasteiger partial charge < -0.3 is 28.7 Å². The molecule has 0 radical (unpaired) electrons. The molecule has 8 rings (SSSR count). The van der Waals surface area contributed by atoms with E-state index in [1.165, 1.54) is 5.56 Å². The molecule has 52 heavy (non-hydrogen) atoms. The lowest BCUT2D eigenvalue weighted by atomic mass is 10.0. The summed E-state index contributed by atoms with van der Waals surface area (Å²) >= 11 is 6.86. The molecule has 5 aromatic rings. The van der Waals surface area contributed by atoms with Gasteiger partial charge in [0.25, 0.3) is 0 Å². The van der Waals surface area contributed by atoms with Crippen molar-refractivity contribution >= 4 is 45.7 Å². The number of benzene rings is 3. The molecule has 0 bridgehead atoms. The number of nitrogens with one attached hydrogen (secondary N) is 1. The number of hydrogen-bond donors (Lipinski definition) is 1. The maximum absolute atomic E-state index is 14.8. The fourth-order valence-corrected chi connectivity index (χ4v) is 7.93. The van der Waals surface area contributed by atoms with E-state index < -0.39 is 12.0 Å². The number of nitrogens with zero attached hydrogens (tertiary/aromatic N) is 7. The van der Waals surface area contributed by atoms with Crippen molar-refractivity contribution in [3.63, 3.8) is 0 Å². The number of likely N-dealkylation sites (N-methyl/N-ethyl adjacent to an activating group) is 1. The third kappa shape index (κ3) is 6.72. The van der Waals surface area contributed by atoms with Crippen molar-refractivity contribution in [2.45, 2.75) is 71.2 Å². The molecule has 3 aromatic carbocycles. The van der Waals surface area contributed by atoms with E-state index >= 15 is 0 Å². The number of halogens is 2. The Labute approximate surface area is 307 Å². The van der Waals surface area contributed by atoms with Crippen molar-refractivity contribution in [2.24, 2.45) is 0 Å². The molecule has 1 N–H and O–H groups in total. The summed E-state index contributed by atoms with van der Waals surface area (Å²) in [6.07, 6.45) is 4.72. The Kier molecular flexibility index (Phi) is 9.35. The predicted molar refractivity (Wildman–Crippen MR) is 200 cm³/mol. The van der Waals surface area contributed by atoms with Crippen LogP contribution in [0.1, 0.15) is 49.2 Å². The number of imidazole rings is 1. The Morgan fingerprint density at radius 3 is 2.73 bits per heavy atom. The number of carbonyl (C=O) groups is 1. The molecule has 1 fully saturated rings. The van der Waals surface area contributed by atoms with Crippen molar-refractivity contribution < 1.29 is 18.7 Å². The van der Waals surface area contributed by atoms with E-state index in [-0.39, 0.29) is 6.04 Å². The fraction of sp³-hybridized carbons (Fsp3) is 0.385.